The molecule has 1 aromatic carbocycles. The number of benzene rings is 1. The Morgan fingerprint density at radius 1 is 1.50 bits per heavy atom. The van der Waals surface area contributed by atoms with E-state index in [1.807, 2.05) is 6.07 Å². The summed E-state index contributed by atoms with van der Waals surface area (Å²) < 4.78 is 5.52. The Morgan fingerprint density at radius 2 is 2.43 bits per heavy atom. The van der Waals surface area contributed by atoms with E-state index in [0.29, 0.717) is 12.2 Å². The fourth-order valence-corrected chi connectivity index (χ4v) is 2.01. The lowest BCUT2D eigenvalue weighted by atomic mass is 10.1. The predicted molar refractivity (Wildman–Crippen MR) is 53.2 cm³/mol. The van der Waals surface area contributed by atoms with Crippen LogP contribution in [0.5, 0.6) is 5.75 Å². The van der Waals surface area contributed by atoms with Gasteiger partial charge in [-0.15, -0.1) is 0 Å². The molecule has 0 saturated heterocycles. The molecule has 1 N–H and O–H groups in total. The summed E-state index contributed by atoms with van der Waals surface area (Å²) in [5.41, 5.74) is 2.66. The first-order valence-corrected chi connectivity index (χ1v) is 4.64. The molecule has 0 saturated carbocycles. The van der Waals surface area contributed by atoms with Crippen molar-refractivity contribution < 1.29 is 9.53 Å². The molecule has 0 atom stereocenters. The van der Waals surface area contributed by atoms with Crippen molar-refractivity contribution in [3.63, 3.8) is 0 Å². The highest BCUT2D eigenvalue weighted by Gasteiger charge is 2.28. The average Bonchev–Trinajstić information content (AvgIpc) is 2.66. The van der Waals surface area contributed by atoms with Crippen molar-refractivity contribution in [2.45, 2.75) is 0 Å². The first kappa shape index (κ1) is 7.67. The van der Waals surface area contributed by atoms with E-state index < -0.39 is 0 Å². The van der Waals surface area contributed by atoms with Crippen LogP contribution in [0, 0.1) is 0 Å². The van der Waals surface area contributed by atoms with Gasteiger partial charge in [-0.2, -0.15) is 0 Å². The van der Waals surface area contributed by atoms with Gasteiger partial charge in [0, 0.05) is 5.56 Å². The number of carbonyl (C=O) groups excluding carboxylic acids is 1. The molecule has 0 fully saturated rings. The third kappa shape index (κ3) is 0.852. The second-order valence-corrected chi connectivity index (χ2v) is 3.44. The molecule has 0 bridgehead atoms. The van der Waals surface area contributed by atoms with E-state index in [0.717, 1.165) is 36.6 Å². The van der Waals surface area contributed by atoms with E-state index in [-0.39, 0.29) is 0 Å². The minimum Gasteiger partial charge on any atom is -0.489 e. The van der Waals surface area contributed by atoms with Crippen LogP contribution in [0.4, 0.5) is 11.4 Å². The molecule has 0 amide bonds. The highest BCUT2D eigenvalue weighted by molar-refractivity contribution is 5.95. The summed E-state index contributed by atoms with van der Waals surface area (Å²) in [4.78, 5) is 13.0. The number of ether oxygens (including phenoxy) is 1. The summed E-state index contributed by atoms with van der Waals surface area (Å²) in [6.45, 7) is 2.38. The molecule has 72 valence electrons. The van der Waals surface area contributed by atoms with E-state index in [1.165, 1.54) is 0 Å². The molecule has 3 rings (SSSR count). The van der Waals surface area contributed by atoms with Gasteiger partial charge >= 0.3 is 0 Å². The Bertz CT molecular complexity index is 403. The zero-order valence-electron chi connectivity index (χ0n) is 7.62. The van der Waals surface area contributed by atoms with Crippen molar-refractivity contribution >= 4 is 17.7 Å². The molecular weight excluding hydrogens is 180 g/mol. The number of rotatable bonds is 1. The number of aldehydes is 1. The van der Waals surface area contributed by atoms with E-state index in [2.05, 4.69) is 10.2 Å². The van der Waals surface area contributed by atoms with Crippen molar-refractivity contribution in [3.05, 3.63) is 17.7 Å². The molecular formula is C10H10N2O2. The largest absolute Gasteiger partial charge is 0.489 e. The minimum absolute atomic E-state index is 0.705. The van der Waals surface area contributed by atoms with Crippen LogP contribution >= 0.6 is 0 Å². The van der Waals surface area contributed by atoms with Crippen LogP contribution in [0.3, 0.4) is 0 Å². The maximum absolute atomic E-state index is 10.8. The Morgan fingerprint density at radius 3 is 3.29 bits per heavy atom. The van der Waals surface area contributed by atoms with Gasteiger partial charge in [-0.25, -0.2) is 0 Å². The van der Waals surface area contributed by atoms with E-state index in [1.54, 1.807) is 6.07 Å². The van der Waals surface area contributed by atoms with Crippen molar-refractivity contribution in [3.8, 4) is 5.75 Å². The third-order valence-electron chi connectivity index (χ3n) is 2.68. The molecule has 2 heterocycles. The van der Waals surface area contributed by atoms with Crippen molar-refractivity contribution in [2.75, 3.05) is 30.0 Å². The molecule has 4 heteroatoms. The number of anilines is 2. The third-order valence-corrected chi connectivity index (χ3v) is 2.68. The molecule has 0 aliphatic carbocycles. The van der Waals surface area contributed by atoms with Crippen LogP contribution < -0.4 is 15.0 Å². The first-order valence-electron chi connectivity index (χ1n) is 4.64. The monoisotopic (exact) mass is 190 g/mol. The lowest BCUT2D eigenvalue weighted by molar-refractivity contribution is 0.112. The van der Waals surface area contributed by atoms with Gasteiger partial charge in [-0.1, -0.05) is 0 Å². The fourth-order valence-electron chi connectivity index (χ4n) is 2.01. The summed E-state index contributed by atoms with van der Waals surface area (Å²) in [5, 5.41) is 3.22. The van der Waals surface area contributed by atoms with Crippen LogP contribution in [0.2, 0.25) is 0 Å². The summed E-state index contributed by atoms with van der Waals surface area (Å²) in [5.74, 6) is 0.877. The number of carbonyl (C=O) groups is 1. The Labute approximate surface area is 81.5 Å². The average molecular weight is 190 g/mol. The lowest BCUT2D eigenvalue weighted by Gasteiger charge is -2.25. The van der Waals surface area contributed by atoms with Gasteiger partial charge in [0.2, 0.25) is 0 Å². The molecule has 2 aliphatic rings. The normalized spacial score (nSPS) is 17.0. The standard InChI is InChI=1S/C10H10N2O2/c13-5-7-1-2-8-10-9(7)11-6-12(10)3-4-14-8/h1-2,5,11H,3-4,6H2. The highest BCUT2D eigenvalue weighted by atomic mass is 16.5. The van der Waals surface area contributed by atoms with Gasteiger partial charge in [0.05, 0.1) is 18.9 Å². The minimum atomic E-state index is 0.705. The Kier molecular flexibility index (Phi) is 1.45. The molecule has 0 radical (unpaired) electrons. The second-order valence-electron chi connectivity index (χ2n) is 3.44. The molecule has 2 aliphatic heterocycles. The van der Waals surface area contributed by atoms with Crippen LogP contribution in [-0.2, 0) is 0 Å². The van der Waals surface area contributed by atoms with Gasteiger partial charge < -0.3 is 15.0 Å². The molecule has 14 heavy (non-hydrogen) atoms. The van der Waals surface area contributed by atoms with Crippen molar-refractivity contribution in [1.82, 2.24) is 0 Å². The highest BCUT2D eigenvalue weighted by Crippen LogP contribution is 2.43. The SMILES string of the molecule is O=Cc1ccc2c3c1NCN3CCO2. The summed E-state index contributed by atoms with van der Waals surface area (Å²) in [6.07, 6.45) is 0.876. The number of hydrogen-bond acceptors (Lipinski definition) is 4. The van der Waals surface area contributed by atoms with E-state index >= 15 is 0 Å². The lowest BCUT2D eigenvalue weighted by Crippen LogP contribution is -2.31. The van der Waals surface area contributed by atoms with Gasteiger partial charge in [0.25, 0.3) is 0 Å². The van der Waals surface area contributed by atoms with Crippen LogP contribution in [0.15, 0.2) is 12.1 Å². The fraction of sp³-hybridized carbons (Fsp3) is 0.300. The number of hydrogen-bond donors (Lipinski definition) is 1. The quantitative estimate of drug-likeness (QED) is 0.673. The van der Waals surface area contributed by atoms with E-state index in [9.17, 15) is 4.79 Å². The maximum atomic E-state index is 10.8. The van der Waals surface area contributed by atoms with Gasteiger partial charge in [-0.3, -0.25) is 4.79 Å². The first-order chi connectivity index (χ1) is 6.90. The zero-order valence-corrected chi connectivity index (χ0v) is 7.62. The Balaban J connectivity index is 2.24. The molecule has 1 aromatic rings. The molecule has 4 nitrogen and oxygen atoms in total. The van der Waals surface area contributed by atoms with Crippen LogP contribution in [-0.4, -0.2) is 26.1 Å². The predicted octanol–water partition coefficient (Wildman–Crippen LogP) is 1.08. The number of nitrogens with zero attached hydrogens (tertiary/aromatic N) is 1. The molecule has 0 unspecified atom stereocenters. The van der Waals surface area contributed by atoms with Crippen molar-refractivity contribution in [2.24, 2.45) is 0 Å². The summed E-state index contributed by atoms with van der Waals surface area (Å²) in [6, 6.07) is 3.66. The van der Waals surface area contributed by atoms with E-state index in [4.69, 9.17) is 4.74 Å². The summed E-state index contributed by atoms with van der Waals surface area (Å²) in [7, 11) is 0. The van der Waals surface area contributed by atoms with Gasteiger partial charge in [-0.05, 0) is 12.1 Å². The molecule has 0 aromatic heterocycles. The topological polar surface area (TPSA) is 41.6 Å². The number of nitrogens with one attached hydrogen (secondary N) is 1. The van der Waals surface area contributed by atoms with Gasteiger partial charge in [0.15, 0.2) is 6.29 Å². The second kappa shape index (κ2) is 2.64. The Hall–Kier alpha value is -1.71. The molecule has 0 spiro atoms. The van der Waals surface area contributed by atoms with Crippen molar-refractivity contribution in [1.29, 1.82) is 0 Å². The summed E-state index contributed by atoms with van der Waals surface area (Å²) >= 11 is 0. The zero-order chi connectivity index (χ0) is 9.54. The maximum Gasteiger partial charge on any atom is 0.152 e. The van der Waals surface area contributed by atoms with Crippen LogP contribution in [0.25, 0.3) is 0 Å². The van der Waals surface area contributed by atoms with Gasteiger partial charge in [0.1, 0.15) is 18.0 Å². The smallest absolute Gasteiger partial charge is 0.152 e. The van der Waals surface area contributed by atoms with Crippen LogP contribution in [0.1, 0.15) is 10.4 Å².